The van der Waals surface area contributed by atoms with E-state index in [4.69, 9.17) is 4.74 Å². The average molecular weight is 219 g/mol. The second-order valence-corrected chi connectivity index (χ2v) is 5.45. The minimum atomic E-state index is -0.0224. The lowest BCUT2D eigenvalue weighted by atomic mass is 10.1. The first-order valence-electron chi connectivity index (χ1n) is 6.03. The lowest BCUT2D eigenvalue weighted by Gasteiger charge is -2.21. The SMILES string of the molecule is CC(C)(C)OCCC1Cc2ccccc2N1. The van der Waals surface area contributed by atoms with Crippen molar-refractivity contribution < 1.29 is 4.74 Å². The number of hydrogen-bond donors (Lipinski definition) is 1. The molecule has 0 saturated heterocycles. The van der Waals surface area contributed by atoms with Crippen LogP contribution in [0.3, 0.4) is 0 Å². The lowest BCUT2D eigenvalue weighted by molar-refractivity contribution is -0.00523. The molecule has 0 fully saturated rings. The highest BCUT2D eigenvalue weighted by Crippen LogP contribution is 2.26. The molecule has 2 heteroatoms. The average Bonchev–Trinajstić information content (AvgIpc) is 2.57. The van der Waals surface area contributed by atoms with Gasteiger partial charge >= 0.3 is 0 Å². The van der Waals surface area contributed by atoms with Crippen molar-refractivity contribution in [3.8, 4) is 0 Å². The van der Waals surface area contributed by atoms with E-state index in [0.717, 1.165) is 19.4 Å². The molecule has 0 aromatic heterocycles. The van der Waals surface area contributed by atoms with E-state index in [1.165, 1.54) is 11.3 Å². The third-order valence-corrected chi connectivity index (χ3v) is 2.84. The topological polar surface area (TPSA) is 21.3 Å². The Balaban J connectivity index is 1.79. The van der Waals surface area contributed by atoms with E-state index in [-0.39, 0.29) is 5.60 Å². The highest BCUT2D eigenvalue weighted by atomic mass is 16.5. The zero-order chi connectivity index (χ0) is 11.6. The van der Waals surface area contributed by atoms with Gasteiger partial charge in [-0.05, 0) is 45.2 Å². The van der Waals surface area contributed by atoms with Crippen molar-refractivity contribution in [3.63, 3.8) is 0 Å². The van der Waals surface area contributed by atoms with Crippen LogP contribution in [0.2, 0.25) is 0 Å². The van der Waals surface area contributed by atoms with Gasteiger partial charge in [-0.15, -0.1) is 0 Å². The van der Waals surface area contributed by atoms with Crippen molar-refractivity contribution in [1.29, 1.82) is 0 Å². The van der Waals surface area contributed by atoms with Gasteiger partial charge in [-0.1, -0.05) is 18.2 Å². The third-order valence-electron chi connectivity index (χ3n) is 2.84. The van der Waals surface area contributed by atoms with Gasteiger partial charge in [0.05, 0.1) is 5.60 Å². The summed E-state index contributed by atoms with van der Waals surface area (Å²) in [6.45, 7) is 7.13. The molecule has 2 nitrogen and oxygen atoms in total. The second kappa shape index (κ2) is 4.46. The molecule has 1 N–H and O–H groups in total. The van der Waals surface area contributed by atoms with Crippen molar-refractivity contribution in [2.45, 2.75) is 45.3 Å². The highest BCUT2D eigenvalue weighted by molar-refractivity contribution is 5.56. The van der Waals surface area contributed by atoms with Gasteiger partial charge in [0, 0.05) is 18.3 Å². The first kappa shape index (κ1) is 11.5. The maximum absolute atomic E-state index is 5.75. The standard InChI is InChI=1S/C14H21NO/c1-14(2,3)16-9-8-12-10-11-6-4-5-7-13(11)15-12/h4-7,12,15H,8-10H2,1-3H3. The van der Waals surface area contributed by atoms with E-state index in [2.05, 4.69) is 50.4 Å². The Morgan fingerprint density at radius 2 is 2.06 bits per heavy atom. The summed E-state index contributed by atoms with van der Waals surface area (Å²) in [5, 5.41) is 3.54. The molecule has 0 spiro atoms. The number of rotatable bonds is 3. The van der Waals surface area contributed by atoms with Crippen LogP contribution in [0.4, 0.5) is 5.69 Å². The Morgan fingerprint density at radius 3 is 2.75 bits per heavy atom. The van der Waals surface area contributed by atoms with Gasteiger partial charge in [-0.25, -0.2) is 0 Å². The Labute approximate surface area is 98.0 Å². The van der Waals surface area contributed by atoms with Crippen molar-refractivity contribution in [2.24, 2.45) is 0 Å². The van der Waals surface area contributed by atoms with Gasteiger partial charge in [0.25, 0.3) is 0 Å². The molecule has 0 aliphatic carbocycles. The number of hydrogen-bond acceptors (Lipinski definition) is 2. The zero-order valence-electron chi connectivity index (χ0n) is 10.4. The normalized spacial score (nSPS) is 19.3. The van der Waals surface area contributed by atoms with Crippen LogP contribution in [0.5, 0.6) is 0 Å². The number of benzene rings is 1. The van der Waals surface area contributed by atoms with Crippen LogP contribution >= 0.6 is 0 Å². The first-order chi connectivity index (χ1) is 7.54. The summed E-state index contributed by atoms with van der Waals surface area (Å²) in [7, 11) is 0. The number of fused-ring (bicyclic) bond motifs is 1. The molecule has 0 saturated carbocycles. The third kappa shape index (κ3) is 2.99. The van der Waals surface area contributed by atoms with Gasteiger partial charge in [-0.2, -0.15) is 0 Å². The summed E-state index contributed by atoms with van der Waals surface area (Å²) < 4.78 is 5.75. The summed E-state index contributed by atoms with van der Waals surface area (Å²) in [5.74, 6) is 0. The van der Waals surface area contributed by atoms with Crippen molar-refractivity contribution in [1.82, 2.24) is 0 Å². The maximum Gasteiger partial charge on any atom is 0.0598 e. The van der Waals surface area contributed by atoms with E-state index in [9.17, 15) is 0 Å². The minimum Gasteiger partial charge on any atom is -0.382 e. The summed E-state index contributed by atoms with van der Waals surface area (Å²) >= 11 is 0. The quantitative estimate of drug-likeness (QED) is 0.842. The molecule has 1 aliphatic rings. The molecule has 2 rings (SSSR count). The number of ether oxygens (including phenoxy) is 1. The predicted molar refractivity (Wildman–Crippen MR) is 67.9 cm³/mol. The Hall–Kier alpha value is -1.02. The summed E-state index contributed by atoms with van der Waals surface area (Å²) in [6, 6.07) is 9.08. The molecule has 1 atom stereocenters. The maximum atomic E-state index is 5.75. The minimum absolute atomic E-state index is 0.0224. The lowest BCUT2D eigenvalue weighted by Crippen LogP contribution is -2.24. The van der Waals surface area contributed by atoms with Crippen molar-refractivity contribution >= 4 is 5.69 Å². The van der Waals surface area contributed by atoms with E-state index in [0.29, 0.717) is 6.04 Å². The molecule has 16 heavy (non-hydrogen) atoms. The van der Waals surface area contributed by atoms with Gasteiger partial charge in [0.1, 0.15) is 0 Å². The second-order valence-electron chi connectivity index (χ2n) is 5.45. The van der Waals surface area contributed by atoms with Crippen LogP contribution in [0, 0.1) is 0 Å². The van der Waals surface area contributed by atoms with Gasteiger partial charge < -0.3 is 10.1 Å². The Kier molecular flexibility index (Phi) is 3.20. The number of anilines is 1. The molecule has 0 bridgehead atoms. The van der Waals surface area contributed by atoms with E-state index in [1.807, 2.05) is 0 Å². The fraction of sp³-hybridized carbons (Fsp3) is 0.571. The van der Waals surface area contributed by atoms with E-state index >= 15 is 0 Å². The van der Waals surface area contributed by atoms with E-state index < -0.39 is 0 Å². The summed E-state index contributed by atoms with van der Waals surface area (Å²) in [6.07, 6.45) is 2.20. The largest absolute Gasteiger partial charge is 0.382 e. The molecule has 1 aliphatic heterocycles. The number of nitrogens with one attached hydrogen (secondary N) is 1. The van der Waals surface area contributed by atoms with Crippen molar-refractivity contribution in [2.75, 3.05) is 11.9 Å². The molecule has 88 valence electrons. The Morgan fingerprint density at radius 1 is 1.31 bits per heavy atom. The van der Waals surface area contributed by atoms with Gasteiger partial charge in [0.15, 0.2) is 0 Å². The number of para-hydroxylation sites is 1. The molecule has 1 aromatic rings. The van der Waals surface area contributed by atoms with Crippen LogP contribution in [0.1, 0.15) is 32.8 Å². The van der Waals surface area contributed by atoms with Gasteiger partial charge in [0.2, 0.25) is 0 Å². The van der Waals surface area contributed by atoms with Crippen LogP contribution in [0.15, 0.2) is 24.3 Å². The Bertz CT molecular complexity index is 329. The summed E-state index contributed by atoms with van der Waals surface area (Å²) in [5.41, 5.74) is 2.71. The fourth-order valence-corrected chi connectivity index (χ4v) is 2.06. The molecule has 0 radical (unpaired) electrons. The molecule has 1 unspecified atom stereocenters. The molecule has 1 heterocycles. The van der Waals surface area contributed by atoms with Crippen LogP contribution in [-0.2, 0) is 11.2 Å². The molecule has 0 amide bonds. The smallest absolute Gasteiger partial charge is 0.0598 e. The van der Waals surface area contributed by atoms with Gasteiger partial charge in [-0.3, -0.25) is 0 Å². The van der Waals surface area contributed by atoms with Crippen LogP contribution in [0.25, 0.3) is 0 Å². The molecular formula is C14H21NO. The van der Waals surface area contributed by atoms with Crippen LogP contribution < -0.4 is 5.32 Å². The first-order valence-corrected chi connectivity index (χ1v) is 6.03. The highest BCUT2D eigenvalue weighted by Gasteiger charge is 2.20. The van der Waals surface area contributed by atoms with E-state index in [1.54, 1.807) is 0 Å². The predicted octanol–water partition coefficient (Wildman–Crippen LogP) is 3.23. The zero-order valence-corrected chi connectivity index (χ0v) is 10.4. The summed E-state index contributed by atoms with van der Waals surface area (Å²) in [4.78, 5) is 0. The fourth-order valence-electron chi connectivity index (χ4n) is 2.06. The molecular weight excluding hydrogens is 198 g/mol. The molecule has 1 aromatic carbocycles. The van der Waals surface area contributed by atoms with Crippen molar-refractivity contribution in [3.05, 3.63) is 29.8 Å². The van der Waals surface area contributed by atoms with Crippen LogP contribution in [-0.4, -0.2) is 18.2 Å². The monoisotopic (exact) mass is 219 g/mol.